The Bertz CT molecular complexity index is 1480. The normalized spacial score (nSPS) is 11.8. The smallest absolute Gasteiger partial charge is 0.264 e. The fourth-order valence-electron chi connectivity index (χ4n) is 4.42. The van der Waals surface area contributed by atoms with Gasteiger partial charge >= 0.3 is 0 Å². The van der Waals surface area contributed by atoms with Crippen LogP contribution in [0.15, 0.2) is 71.6 Å². The van der Waals surface area contributed by atoms with Crippen molar-refractivity contribution in [3.63, 3.8) is 0 Å². The Balaban J connectivity index is 2.10. The molecular weight excluding hydrogens is 582 g/mol. The highest BCUT2D eigenvalue weighted by atomic mass is 35.5. The van der Waals surface area contributed by atoms with Crippen molar-refractivity contribution in [2.24, 2.45) is 0 Å². The number of carbonyl (C=O) groups is 2. The third kappa shape index (κ3) is 7.65. The molecule has 3 aromatic rings. The molecule has 0 saturated carbocycles. The molecule has 42 heavy (non-hydrogen) atoms. The molecule has 3 rings (SSSR count). The lowest BCUT2D eigenvalue weighted by molar-refractivity contribution is -0.140. The van der Waals surface area contributed by atoms with Crippen molar-refractivity contribution in [1.29, 1.82) is 0 Å². The van der Waals surface area contributed by atoms with Gasteiger partial charge in [-0.3, -0.25) is 13.9 Å². The molecule has 0 saturated heterocycles. The molecule has 10 nitrogen and oxygen atoms in total. The van der Waals surface area contributed by atoms with Crippen LogP contribution >= 0.6 is 11.6 Å². The van der Waals surface area contributed by atoms with E-state index in [-0.39, 0.29) is 28.8 Å². The van der Waals surface area contributed by atoms with Gasteiger partial charge in [-0.1, -0.05) is 30.7 Å². The van der Waals surface area contributed by atoms with Crippen LogP contribution in [0.5, 0.6) is 17.2 Å². The van der Waals surface area contributed by atoms with E-state index in [2.05, 4.69) is 5.32 Å². The lowest BCUT2D eigenvalue weighted by atomic mass is 10.1. The van der Waals surface area contributed by atoms with Gasteiger partial charge in [0, 0.05) is 24.2 Å². The van der Waals surface area contributed by atoms with Gasteiger partial charge in [0.15, 0.2) is 11.5 Å². The maximum absolute atomic E-state index is 14.1. The van der Waals surface area contributed by atoms with Crippen molar-refractivity contribution in [3.8, 4) is 17.2 Å². The van der Waals surface area contributed by atoms with Gasteiger partial charge < -0.3 is 24.4 Å². The van der Waals surface area contributed by atoms with Gasteiger partial charge in [0.25, 0.3) is 10.0 Å². The molecule has 2 amide bonds. The van der Waals surface area contributed by atoms with Gasteiger partial charge in [-0.2, -0.15) is 0 Å². The second kappa shape index (κ2) is 14.8. The highest BCUT2D eigenvalue weighted by Crippen LogP contribution is 2.33. The molecule has 0 aliphatic rings. The fraction of sp³-hybridized carbons (Fsp3) is 0.333. The van der Waals surface area contributed by atoms with Crippen LogP contribution in [0.3, 0.4) is 0 Å². The summed E-state index contributed by atoms with van der Waals surface area (Å²) in [6.07, 6.45) is 0.310. The van der Waals surface area contributed by atoms with E-state index < -0.39 is 28.5 Å². The molecular formula is C30H36ClN3O7S. The third-order valence-corrected chi connectivity index (χ3v) is 8.58. The van der Waals surface area contributed by atoms with E-state index in [1.165, 1.54) is 68.7 Å². The SMILES string of the molecule is CCNC(=O)[C@H](CC)N(Cc1cccc(OC)c1)C(=O)CN(c1ccc(Cl)cc1)S(=O)(=O)c1ccc(OC)c(OC)c1. The predicted octanol–water partition coefficient (Wildman–Crippen LogP) is 4.50. The van der Waals surface area contributed by atoms with Crippen LogP contribution in [0, 0.1) is 0 Å². The number of hydrogen-bond acceptors (Lipinski definition) is 7. The maximum Gasteiger partial charge on any atom is 0.264 e. The van der Waals surface area contributed by atoms with Gasteiger partial charge in [0.1, 0.15) is 18.3 Å². The number of halogens is 1. The zero-order valence-corrected chi connectivity index (χ0v) is 25.9. The molecule has 0 aliphatic heterocycles. The summed E-state index contributed by atoms with van der Waals surface area (Å²) in [5, 5.41) is 3.18. The lowest BCUT2D eigenvalue weighted by Crippen LogP contribution is -2.52. The number of anilines is 1. The summed E-state index contributed by atoms with van der Waals surface area (Å²) in [6, 6.07) is 16.6. The Kier molecular flexibility index (Phi) is 11.5. The van der Waals surface area contributed by atoms with Crippen LogP contribution < -0.4 is 23.8 Å². The van der Waals surface area contributed by atoms with Crippen molar-refractivity contribution in [2.75, 3.05) is 38.7 Å². The number of benzene rings is 3. The Labute approximate surface area is 252 Å². The first-order valence-electron chi connectivity index (χ1n) is 13.3. The van der Waals surface area contributed by atoms with Crippen LogP contribution in [-0.2, 0) is 26.2 Å². The van der Waals surface area contributed by atoms with E-state index in [0.717, 1.165) is 4.31 Å². The summed E-state index contributed by atoms with van der Waals surface area (Å²) < 4.78 is 45.1. The number of nitrogens with one attached hydrogen (secondary N) is 1. The van der Waals surface area contributed by atoms with Crippen LogP contribution in [0.4, 0.5) is 5.69 Å². The zero-order valence-electron chi connectivity index (χ0n) is 24.3. The molecule has 0 aliphatic carbocycles. The number of amides is 2. The van der Waals surface area contributed by atoms with Crippen LogP contribution in [0.25, 0.3) is 0 Å². The molecule has 1 N–H and O–H groups in total. The number of likely N-dealkylation sites (N-methyl/N-ethyl adjacent to an activating group) is 1. The monoisotopic (exact) mass is 617 g/mol. The first-order valence-corrected chi connectivity index (χ1v) is 15.1. The van der Waals surface area contributed by atoms with Gasteiger partial charge in [-0.05, 0) is 67.4 Å². The minimum absolute atomic E-state index is 0.0521. The Hall–Kier alpha value is -3.96. The summed E-state index contributed by atoms with van der Waals surface area (Å²) in [5.74, 6) is 0.238. The van der Waals surface area contributed by atoms with E-state index in [1.54, 1.807) is 32.0 Å². The number of nitrogens with zero attached hydrogens (tertiary/aromatic N) is 2. The summed E-state index contributed by atoms with van der Waals surface area (Å²) >= 11 is 6.09. The first kappa shape index (κ1) is 32.6. The van der Waals surface area contributed by atoms with E-state index in [1.807, 2.05) is 6.07 Å². The largest absolute Gasteiger partial charge is 0.497 e. The molecule has 0 heterocycles. The molecule has 0 bridgehead atoms. The Morgan fingerprint density at radius 2 is 1.60 bits per heavy atom. The quantitative estimate of drug-likeness (QED) is 0.283. The van der Waals surface area contributed by atoms with Gasteiger partial charge in [0.05, 0.1) is 31.9 Å². The van der Waals surface area contributed by atoms with Gasteiger partial charge in [-0.15, -0.1) is 0 Å². The molecule has 0 aromatic heterocycles. The summed E-state index contributed by atoms with van der Waals surface area (Å²) in [6.45, 7) is 3.43. The topological polar surface area (TPSA) is 114 Å². The second-order valence-electron chi connectivity index (χ2n) is 9.20. The summed E-state index contributed by atoms with van der Waals surface area (Å²) in [7, 11) is 0.0685. The van der Waals surface area contributed by atoms with Crippen molar-refractivity contribution >= 4 is 39.1 Å². The standard InChI is InChI=1S/C30H36ClN3O7S/c1-6-26(30(36)32-7-2)33(19-21-9-8-10-24(17-21)39-3)29(35)20-34(23-13-11-22(31)12-14-23)42(37,38)25-15-16-27(40-4)28(18-25)41-5/h8-18,26H,6-7,19-20H2,1-5H3,(H,32,36)/t26-/m0/s1. The van der Waals surface area contributed by atoms with Gasteiger partial charge in [0.2, 0.25) is 11.8 Å². The minimum Gasteiger partial charge on any atom is -0.497 e. The Morgan fingerprint density at radius 3 is 2.19 bits per heavy atom. The summed E-state index contributed by atoms with van der Waals surface area (Å²) in [5.41, 5.74) is 0.932. The van der Waals surface area contributed by atoms with Gasteiger partial charge in [-0.25, -0.2) is 8.42 Å². The first-order chi connectivity index (χ1) is 20.1. The number of rotatable bonds is 14. The molecule has 0 radical (unpaired) electrons. The molecule has 3 aromatic carbocycles. The summed E-state index contributed by atoms with van der Waals surface area (Å²) in [4.78, 5) is 28.5. The van der Waals surface area contributed by atoms with Crippen molar-refractivity contribution in [1.82, 2.24) is 10.2 Å². The van der Waals surface area contributed by atoms with Crippen LogP contribution in [0.2, 0.25) is 5.02 Å². The van der Waals surface area contributed by atoms with E-state index >= 15 is 0 Å². The molecule has 1 atom stereocenters. The molecule has 226 valence electrons. The number of hydrogen-bond donors (Lipinski definition) is 1. The molecule has 0 fully saturated rings. The highest BCUT2D eigenvalue weighted by Gasteiger charge is 2.34. The average molecular weight is 618 g/mol. The Morgan fingerprint density at radius 1 is 0.905 bits per heavy atom. The molecule has 0 spiro atoms. The average Bonchev–Trinajstić information content (AvgIpc) is 2.99. The highest BCUT2D eigenvalue weighted by molar-refractivity contribution is 7.92. The lowest BCUT2D eigenvalue weighted by Gasteiger charge is -2.33. The number of carbonyl (C=O) groups excluding carboxylic acids is 2. The van der Waals surface area contributed by atoms with Crippen molar-refractivity contribution in [2.45, 2.75) is 37.8 Å². The van der Waals surface area contributed by atoms with Crippen molar-refractivity contribution in [3.05, 3.63) is 77.3 Å². The van der Waals surface area contributed by atoms with Crippen molar-refractivity contribution < 1.29 is 32.2 Å². The van der Waals surface area contributed by atoms with Crippen LogP contribution in [-0.4, -0.2) is 65.6 Å². The molecule has 12 heteroatoms. The molecule has 0 unspecified atom stereocenters. The number of sulfonamides is 1. The van der Waals surface area contributed by atoms with E-state index in [0.29, 0.717) is 35.1 Å². The van der Waals surface area contributed by atoms with E-state index in [9.17, 15) is 18.0 Å². The second-order valence-corrected chi connectivity index (χ2v) is 11.5. The number of methoxy groups -OCH3 is 3. The van der Waals surface area contributed by atoms with Crippen LogP contribution in [0.1, 0.15) is 25.8 Å². The maximum atomic E-state index is 14.1. The number of ether oxygens (including phenoxy) is 3. The van der Waals surface area contributed by atoms with E-state index in [4.69, 9.17) is 25.8 Å². The minimum atomic E-state index is -4.31. The third-order valence-electron chi connectivity index (χ3n) is 6.56. The predicted molar refractivity (Wildman–Crippen MR) is 162 cm³/mol. The zero-order chi connectivity index (χ0) is 30.9. The fourth-order valence-corrected chi connectivity index (χ4v) is 5.98.